The van der Waals surface area contributed by atoms with E-state index in [2.05, 4.69) is 10.3 Å². The third kappa shape index (κ3) is 6.22. The molecule has 1 aromatic heterocycles. The van der Waals surface area contributed by atoms with Gasteiger partial charge >= 0.3 is 0 Å². The SMILES string of the molecule is CC(C(=O)NC(C)(C)C)N(C)Cc1cnc(N)s1.Cl. The Bertz CT molecular complexity index is 416. The maximum atomic E-state index is 12.0. The molecule has 0 saturated carbocycles. The van der Waals surface area contributed by atoms with Gasteiger partial charge in [0, 0.05) is 23.2 Å². The van der Waals surface area contributed by atoms with Gasteiger partial charge < -0.3 is 11.1 Å². The monoisotopic (exact) mass is 306 g/mol. The van der Waals surface area contributed by atoms with Gasteiger partial charge in [-0.25, -0.2) is 4.98 Å². The van der Waals surface area contributed by atoms with Gasteiger partial charge in [-0.1, -0.05) is 0 Å². The minimum Gasteiger partial charge on any atom is -0.375 e. The van der Waals surface area contributed by atoms with Gasteiger partial charge in [-0.2, -0.15) is 0 Å². The predicted molar refractivity (Wildman–Crippen MR) is 82.6 cm³/mol. The molecule has 0 fully saturated rings. The van der Waals surface area contributed by atoms with Gasteiger partial charge in [-0.05, 0) is 34.7 Å². The van der Waals surface area contributed by atoms with E-state index in [1.165, 1.54) is 11.3 Å². The van der Waals surface area contributed by atoms with Crippen LogP contribution in [0.5, 0.6) is 0 Å². The van der Waals surface area contributed by atoms with Crippen LogP contribution in [0.25, 0.3) is 0 Å². The van der Waals surface area contributed by atoms with Crippen LogP contribution < -0.4 is 11.1 Å². The highest BCUT2D eigenvalue weighted by Crippen LogP contribution is 2.17. The second-order valence-corrected chi connectivity index (χ2v) is 6.64. The van der Waals surface area contributed by atoms with Crippen molar-refractivity contribution in [3.63, 3.8) is 0 Å². The van der Waals surface area contributed by atoms with Gasteiger partial charge in [0.05, 0.1) is 6.04 Å². The standard InChI is InChI=1S/C12H22N4OS.ClH/c1-8(10(17)15-12(2,3)4)16(5)7-9-6-14-11(13)18-9;/h6,8H,7H2,1-5H3,(H2,13,14)(H,15,17);1H. The number of nitrogens with two attached hydrogens (primary N) is 1. The minimum atomic E-state index is -0.207. The molecular formula is C12H23ClN4OS. The first-order valence-corrected chi connectivity index (χ1v) is 6.73. The Balaban J connectivity index is 0.00000324. The summed E-state index contributed by atoms with van der Waals surface area (Å²) in [6.45, 7) is 8.49. The summed E-state index contributed by atoms with van der Waals surface area (Å²) in [5.74, 6) is 0.0301. The van der Waals surface area contributed by atoms with Gasteiger partial charge in [0.15, 0.2) is 5.13 Å². The van der Waals surface area contributed by atoms with Crippen molar-refractivity contribution in [1.82, 2.24) is 15.2 Å². The van der Waals surface area contributed by atoms with E-state index in [4.69, 9.17) is 5.73 Å². The second kappa shape index (κ2) is 7.07. The fraction of sp³-hybridized carbons (Fsp3) is 0.667. The molecule has 0 saturated heterocycles. The van der Waals surface area contributed by atoms with Crippen LogP contribution in [0.3, 0.4) is 0 Å². The summed E-state index contributed by atoms with van der Waals surface area (Å²) in [7, 11) is 1.92. The number of aromatic nitrogens is 1. The number of anilines is 1. The van der Waals surface area contributed by atoms with E-state index in [9.17, 15) is 4.79 Å². The normalized spacial score (nSPS) is 12.9. The number of nitrogen functional groups attached to an aromatic ring is 1. The molecule has 5 nitrogen and oxygen atoms in total. The summed E-state index contributed by atoms with van der Waals surface area (Å²) in [5.41, 5.74) is 5.38. The molecule has 0 bridgehead atoms. The summed E-state index contributed by atoms with van der Waals surface area (Å²) >= 11 is 1.45. The average molecular weight is 307 g/mol. The number of hydrogen-bond acceptors (Lipinski definition) is 5. The molecule has 0 aliphatic heterocycles. The Morgan fingerprint density at radius 3 is 2.58 bits per heavy atom. The number of rotatable bonds is 4. The molecule has 0 spiro atoms. The molecule has 1 aromatic rings. The van der Waals surface area contributed by atoms with E-state index in [1.54, 1.807) is 6.20 Å². The van der Waals surface area contributed by atoms with Gasteiger partial charge in [-0.15, -0.1) is 23.7 Å². The Kier molecular flexibility index (Phi) is 6.76. The van der Waals surface area contributed by atoms with Crippen molar-refractivity contribution in [2.45, 2.75) is 45.8 Å². The molecule has 7 heteroatoms. The van der Waals surface area contributed by atoms with E-state index in [-0.39, 0.29) is 29.9 Å². The first-order chi connectivity index (χ1) is 8.19. The van der Waals surface area contributed by atoms with Crippen molar-refractivity contribution in [2.75, 3.05) is 12.8 Å². The zero-order valence-corrected chi connectivity index (χ0v) is 13.7. The van der Waals surface area contributed by atoms with Gasteiger partial charge in [0.1, 0.15) is 0 Å². The smallest absolute Gasteiger partial charge is 0.237 e. The number of hydrogen-bond donors (Lipinski definition) is 2. The van der Waals surface area contributed by atoms with E-state index < -0.39 is 0 Å². The molecule has 0 radical (unpaired) electrons. The van der Waals surface area contributed by atoms with Crippen molar-refractivity contribution in [2.24, 2.45) is 0 Å². The third-order valence-corrected chi connectivity index (χ3v) is 3.33. The molecule has 110 valence electrons. The van der Waals surface area contributed by atoms with Gasteiger partial charge in [-0.3, -0.25) is 9.69 Å². The summed E-state index contributed by atoms with van der Waals surface area (Å²) in [6, 6.07) is -0.187. The predicted octanol–water partition coefficient (Wildman–Crippen LogP) is 1.88. The molecule has 19 heavy (non-hydrogen) atoms. The van der Waals surface area contributed by atoms with Crippen molar-refractivity contribution in [3.8, 4) is 0 Å². The van der Waals surface area contributed by atoms with Crippen LogP contribution in [-0.2, 0) is 11.3 Å². The highest BCUT2D eigenvalue weighted by atomic mass is 35.5. The number of nitrogens with zero attached hydrogens (tertiary/aromatic N) is 2. The van der Waals surface area contributed by atoms with Gasteiger partial charge in [0.2, 0.25) is 5.91 Å². The zero-order chi connectivity index (χ0) is 13.9. The molecule has 1 unspecified atom stereocenters. The summed E-state index contributed by atoms with van der Waals surface area (Å²) in [4.78, 5) is 19.0. The lowest BCUT2D eigenvalue weighted by Crippen LogP contribution is -2.49. The van der Waals surface area contributed by atoms with Crippen LogP contribution in [0.15, 0.2) is 6.20 Å². The molecular weight excluding hydrogens is 284 g/mol. The van der Waals surface area contributed by atoms with E-state index in [0.717, 1.165) is 4.88 Å². The first kappa shape index (κ1) is 18.1. The molecule has 1 heterocycles. The number of thiazole rings is 1. The topological polar surface area (TPSA) is 71.2 Å². The Morgan fingerprint density at radius 2 is 2.16 bits per heavy atom. The fourth-order valence-corrected chi connectivity index (χ4v) is 2.20. The molecule has 1 amide bonds. The Hall–Kier alpha value is -0.850. The second-order valence-electron chi connectivity index (χ2n) is 5.50. The number of amides is 1. The van der Waals surface area contributed by atoms with E-state index in [0.29, 0.717) is 11.7 Å². The van der Waals surface area contributed by atoms with Crippen molar-refractivity contribution in [1.29, 1.82) is 0 Å². The maximum Gasteiger partial charge on any atom is 0.237 e. The average Bonchev–Trinajstić information content (AvgIpc) is 2.60. The van der Waals surface area contributed by atoms with Crippen LogP contribution in [0, 0.1) is 0 Å². The largest absolute Gasteiger partial charge is 0.375 e. The molecule has 0 aromatic carbocycles. The van der Waals surface area contributed by atoms with Crippen LogP contribution in [0.4, 0.5) is 5.13 Å². The lowest BCUT2D eigenvalue weighted by Gasteiger charge is -2.28. The minimum absolute atomic E-state index is 0. The summed E-state index contributed by atoms with van der Waals surface area (Å²) < 4.78 is 0. The van der Waals surface area contributed by atoms with Crippen LogP contribution in [0.2, 0.25) is 0 Å². The number of likely N-dealkylation sites (N-methyl/N-ethyl adjacent to an activating group) is 1. The molecule has 0 aliphatic rings. The molecule has 1 atom stereocenters. The lowest BCUT2D eigenvalue weighted by atomic mass is 10.1. The summed E-state index contributed by atoms with van der Waals surface area (Å²) in [6.07, 6.45) is 1.75. The van der Waals surface area contributed by atoms with E-state index >= 15 is 0 Å². The number of carbonyl (C=O) groups excluding carboxylic acids is 1. The zero-order valence-electron chi connectivity index (χ0n) is 12.1. The van der Waals surface area contributed by atoms with Crippen LogP contribution in [-0.4, -0.2) is 34.4 Å². The highest BCUT2D eigenvalue weighted by molar-refractivity contribution is 7.15. The lowest BCUT2D eigenvalue weighted by molar-refractivity contribution is -0.127. The summed E-state index contributed by atoms with van der Waals surface area (Å²) in [5, 5.41) is 3.53. The maximum absolute atomic E-state index is 12.0. The Labute approximate surface area is 125 Å². The number of carbonyl (C=O) groups is 1. The van der Waals surface area contributed by atoms with E-state index in [1.807, 2.05) is 39.6 Å². The van der Waals surface area contributed by atoms with Crippen molar-refractivity contribution in [3.05, 3.63) is 11.1 Å². The molecule has 0 aliphatic carbocycles. The quantitative estimate of drug-likeness (QED) is 0.891. The fourth-order valence-electron chi connectivity index (χ4n) is 1.45. The van der Waals surface area contributed by atoms with Crippen LogP contribution >= 0.6 is 23.7 Å². The van der Waals surface area contributed by atoms with Crippen molar-refractivity contribution < 1.29 is 4.79 Å². The van der Waals surface area contributed by atoms with Gasteiger partial charge in [0.25, 0.3) is 0 Å². The number of halogens is 1. The van der Waals surface area contributed by atoms with Crippen LogP contribution in [0.1, 0.15) is 32.6 Å². The Morgan fingerprint density at radius 1 is 1.58 bits per heavy atom. The third-order valence-electron chi connectivity index (χ3n) is 2.52. The molecule has 1 rings (SSSR count). The number of nitrogens with one attached hydrogen (secondary N) is 1. The first-order valence-electron chi connectivity index (χ1n) is 5.91. The highest BCUT2D eigenvalue weighted by Gasteiger charge is 2.22. The van der Waals surface area contributed by atoms with Crippen molar-refractivity contribution >= 4 is 34.8 Å². The molecule has 3 N–H and O–H groups in total.